The van der Waals surface area contributed by atoms with Gasteiger partial charge in [0.05, 0.1) is 39.9 Å². The maximum Gasteiger partial charge on any atom is 0.254 e. The fourth-order valence-electron chi connectivity index (χ4n) is 4.57. The SMILES string of the molecule is CCOc1ccc(NC(=O)[C@@H]2c3cc(OC)c(OC)cc3C(=O)N(C)[C@H]2c2ccc(OC)cc2)cc1. The Morgan fingerprint density at radius 2 is 1.50 bits per heavy atom. The van der Waals surface area contributed by atoms with E-state index in [0.29, 0.717) is 40.7 Å². The smallest absolute Gasteiger partial charge is 0.254 e. The molecule has 3 aromatic carbocycles. The van der Waals surface area contributed by atoms with Gasteiger partial charge in [-0.1, -0.05) is 12.1 Å². The third-order valence-electron chi connectivity index (χ3n) is 6.35. The summed E-state index contributed by atoms with van der Waals surface area (Å²) >= 11 is 0. The zero-order chi connectivity index (χ0) is 25.8. The molecule has 1 N–H and O–H groups in total. The molecule has 0 fully saturated rings. The van der Waals surface area contributed by atoms with Crippen LogP contribution in [0.15, 0.2) is 60.7 Å². The fourth-order valence-corrected chi connectivity index (χ4v) is 4.57. The maximum absolute atomic E-state index is 13.9. The molecule has 4 rings (SSSR count). The second-order valence-electron chi connectivity index (χ2n) is 8.35. The number of likely N-dealkylation sites (N-methyl/N-ethyl adjacent to an activating group) is 1. The number of nitrogens with zero attached hydrogens (tertiary/aromatic N) is 1. The second kappa shape index (κ2) is 10.6. The van der Waals surface area contributed by atoms with Crippen LogP contribution in [0.3, 0.4) is 0 Å². The summed E-state index contributed by atoms with van der Waals surface area (Å²) in [4.78, 5) is 28.9. The molecular formula is C28H30N2O6. The number of ether oxygens (including phenoxy) is 4. The summed E-state index contributed by atoms with van der Waals surface area (Å²) < 4.78 is 21.7. The van der Waals surface area contributed by atoms with E-state index in [1.165, 1.54) is 14.2 Å². The predicted octanol–water partition coefficient (Wildman–Crippen LogP) is 4.66. The minimum Gasteiger partial charge on any atom is -0.497 e. The molecule has 0 saturated heterocycles. The van der Waals surface area contributed by atoms with Gasteiger partial charge in [-0.15, -0.1) is 0 Å². The number of hydrogen-bond acceptors (Lipinski definition) is 6. The zero-order valence-electron chi connectivity index (χ0n) is 21.0. The average Bonchev–Trinajstić information content (AvgIpc) is 2.91. The molecule has 1 aliphatic heterocycles. The van der Waals surface area contributed by atoms with E-state index in [0.717, 1.165) is 11.3 Å². The van der Waals surface area contributed by atoms with E-state index >= 15 is 0 Å². The van der Waals surface area contributed by atoms with Gasteiger partial charge in [0.25, 0.3) is 5.91 Å². The van der Waals surface area contributed by atoms with Gasteiger partial charge in [0.2, 0.25) is 5.91 Å². The topological polar surface area (TPSA) is 86.3 Å². The Morgan fingerprint density at radius 1 is 0.889 bits per heavy atom. The van der Waals surface area contributed by atoms with Crippen molar-refractivity contribution in [3.8, 4) is 23.0 Å². The summed E-state index contributed by atoms with van der Waals surface area (Å²) in [6, 6.07) is 17.4. The van der Waals surface area contributed by atoms with Crippen molar-refractivity contribution in [1.82, 2.24) is 4.90 Å². The molecular weight excluding hydrogens is 460 g/mol. The molecule has 0 radical (unpaired) electrons. The number of rotatable bonds is 8. The highest BCUT2D eigenvalue weighted by Crippen LogP contribution is 2.46. The average molecular weight is 491 g/mol. The summed E-state index contributed by atoms with van der Waals surface area (Å²) in [5, 5.41) is 3.02. The number of carbonyl (C=O) groups is 2. The first-order chi connectivity index (χ1) is 17.4. The summed E-state index contributed by atoms with van der Waals surface area (Å²) in [5.74, 6) is 1.09. The molecule has 36 heavy (non-hydrogen) atoms. The largest absolute Gasteiger partial charge is 0.497 e. The first-order valence-corrected chi connectivity index (χ1v) is 11.6. The standard InChI is InChI=1S/C28H30N2O6/c1-6-36-20-13-9-18(10-14-20)29-27(31)25-21-15-23(34-4)24(35-5)16-22(21)28(32)30(2)26(25)17-7-11-19(33-3)12-8-17/h7-16,25-26H,6H2,1-5H3,(H,29,31)/t25-,26+/m1/s1. The third kappa shape index (κ3) is 4.66. The Bertz CT molecular complexity index is 1240. The van der Waals surface area contributed by atoms with E-state index in [-0.39, 0.29) is 11.8 Å². The lowest BCUT2D eigenvalue weighted by Crippen LogP contribution is -2.44. The van der Waals surface area contributed by atoms with Gasteiger partial charge in [0.15, 0.2) is 11.5 Å². The number of hydrogen-bond donors (Lipinski definition) is 1. The number of amides is 2. The molecule has 2 atom stereocenters. The molecule has 0 aromatic heterocycles. The minimum atomic E-state index is -0.720. The summed E-state index contributed by atoms with van der Waals surface area (Å²) in [5.41, 5.74) is 2.39. The normalized spacial score (nSPS) is 16.7. The van der Waals surface area contributed by atoms with Crippen LogP contribution in [0.4, 0.5) is 5.69 Å². The minimum absolute atomic E-state index is 0.211. The van der Waals surface area contributed by atoms with Crippen LogP contribution in [0.2, 0.25) is 0 Å². The van der Waals surface area contributed by atoms with Gasteiger partial charge >= 0.3 is 0 Å². The van der Waals surface area contributed by atoms with Crippen molar-refractivity contribution in [3.63, 3.8) is 0 Å². The van der Waals surface area contributed by atoms with Crippen LogP contribution in [0.1, 0.15) is 40.4 Å². The molecule has 2 amide bonds. The summed E-state index contributed by atoms with van der Waals surface area (Å²) in [6.07, 6.45) is 0. The third-order valence-corrected chi connectivity index (χ3v) is 6.35. The van der Waals surface area contributed by atoms with E-state index in [1.807, 2.05) is 31.2 Å². The molecule has 0 saturated carbocycles. The highest BCUT2D eigenvalue weighted by Gasteiger charge is 2.43. The van der Waals surface area contributed by atoms with Gasteiger partial charge in [-0.2, -0.15) is 0 Å². The van der Waals surface area contributed by atoms with Gasteiger partial charge in [0, 0.05) is 18.3 Å². The van der Waals surface area contributed by atoms with Crippen LogP contribution in [-0.4, -0.2) is 51.7 Å². The van der Waals surface area contributed by atoms with Crippen LogP contribution in [0.5, 0.6) is 23.0 Å². The molecule has 3 aromatic rings. The molecule has 1 heterocycles. The first kappa shape index (κ1) is 24.9. The Labute approximate surface area is 210 Å². The lowest BCUT2D eigenvalue weighted by molar-refractivity contribution is -0.119. The van der Waals surface area contributed by atoms with Gasteiger partial charge < -0.3 is 29.2 Å². The van der Waals surface area contributed by atoms with Crippen LogP contribution in [-0.2, 0) is 4.79 Å². The van der Waals surface area contributed by atoms with Crippen molar-refractivity contribution in [2.45, 2.75) is 18.9 Å². The van der Waals surface area contributed by atoms with Crippen LogP contribution < -0.4 is 24.3 Å². The number of nitrogens with one attached hydrogen (secondary N) is 1. The van der Waals surface area contributed by atoms with Crippen molar-refractivity contribution in [1.29, 1.82) is 0 Å². The van der Waals surface area contributed by atoms with E-state index in [9.17, 15) is 9.59 Å². The van der Waals surface area contributed by atoms with Crippen molar-refractivity contribution in [2.24, 2.45) is 0 Å². The monoisotopic (exact) mass is 490 g/mol. The number of methoxy groups -OCH3 is 3. The molecule has 0 unspecified atom stereocenters. The molecule has 0 aliphatic carbocycles. The molecule has 0 bridgehead atoms. The van der Waals surface area contributed by atoms with Crippen molar-refractivity contribution < 1.29 is 28.5 Å². The number of carbonyl (C=O) groups excluding carboxylic acids is 2. The lowest BCUT2D eigenvalue weighted by Gasteiger charge is -2.40. The first-order valence-electron chi connectivity index (χ1n) is 11.6. The molecule has 1 aliphatic rings. The van der Waals surface area contributed by atoms with Crippen molar-refractivity contribution in [2.75, 3.05) is 40.3 Å². The fraction of sp³-hybridized carbons (Fsp3) is 0.286. The second-order valence-corrected chi connectivity index (χ2v) is 8.35. The van der Waals surface area contributed by atoms with Crippen molar-refractivity contribution >= 4 is 17.5 Å². The van der Waals surface area contributed by atoms with Crippen LogP contribution in [0, 0.1) is 0 Å². The van der Waals surface area contributed by atoms with Gasteiger partial charge in [-0.05, 0) is 66.6 Å². The molecule has 0 spiro atoms. The van der Waals surface area contributed by atoms with Gasteiger partial charge in [0.1, 0.15) is 11.5 Å². The van der Waals surface area contributed by atoms with E-state index in [2.05, 4.69) is 5.32 Å². The Balaban J connectivity index is 1.81. The predicted molar refractivity (Wildman–Crippen MR) is 136 cm³/mol. The summed E-state index contributed by atoms with van der Waals surface area (Å²) in [7, 11) is 6.33. The van der Waals surface area contributed by atoms with E-state index in [4.69, 9.17) is 18.9 Å². The lowest BCUT2D eigenvalue weighted by atomic mass is 9.79. The number of fused-ring (bicyclic) bond motifs is 1. The Kier molecular flexibility index (Phi) is 7.33. The number of benzene rings is 3. The van der Waals surface area contributed by atoms with Crippen LogP contribution >= 0.6 is 0 Å². The highest BCUT2D eigenvalue weighted by molar-refractivity contribution is 6.05. The van der Waals surface area contributed by atoms with E-state index < -0.39 is 12.0 Å². The summed E-state index contributed by atoms with van der Waals surface area (Å²) in [6.45, 7) is 2.47. The van der Waals surface area contributed by atoms with Gasteiger partial charge in [-0.25, -0.2) is 0 Å². The zero-order valence-corrected chi connectivity index (χ0v) is 21.0. The molecule has 8 heteroatoms. The highest BCUT2D eigenvalue weighted by atomic mass is 16.5. The maximum atomic E-state index is 13.9. The van der Waals surface area contributed by atoms with Crippen molar-refractivity contribution in [3.05, 3.63) is 77.4 Å². The Hall–Kier alpha value is -4.20. The van der Waals surface area contributed by atoms with E-state index in [1.54, 1.807) is 55.5 Å². The van der Waals surface area contributed by atoms with Gasteiger partial charge in [-0.3, -0.25) is 9.59 Å². The quantitative estimate of drug-likeness (QED) is 0.494. The Morgan fingerprint density at radius 3 is 2.08 bits per heavy atom. The van der Waals surface area contributed by atoms with Crippen LogP contribution in [0.25, 0.3) is 0 Å². The number of anilines is 1. The molecule has 188 valence electrons. The molecule has 8 nitrogen and oxygen atoms in total.